The molecule has 140 valence electrons. The Morgan fingerprint density at radius 2 is 2.38 bits per heavy atom. The zero-order valence-corrected chi connectivity index (χ0v) is 17.7. The first-order chi connectivity index (χ1) is 12.5. The number of anilines is 1. The first-order valence-electron chi connectivity index (χ1n) is 8.54. The number of piperidine rings is 1. The average Bonchev–Trinajstić information content (AvgIpc) is 3.01. The summed E-state index contributed by atoms with van der Waals surface area (Å²) in [6.07, 6.45) is 2.55. The zero-order valence-electron chi connectivity index (χ0n) is 14.5. The third-order valence-corrected chi connectivity index (χ3v) is 5.84. The van der Waals surface area contributed by atoms with Crippen molar-refractivity contribution in [3.8, 4) is 5.75 Å². The SMILES string of the molecule is C[C@@H]1CCCN(Cc2csc(NC(=O)COc3ccc(Cl)cc3Br)n2)C1. The van der Waals surface area contributed by atoms with Crippen LogP contribution in [0.3, 0.4) is 0 Å². The Labute approximate surface area is 170 Å². The Hall–Kier alpha value is -1.15. The third kappa shape index (κ3) is 5.67. The number of hydrogen-bond acceptors (Lipinski definition) is 5. The van der Waals surface area contributed by atoms with Gasteiger partial charge in [0.15, 0.2) is 11.7 Å². The van der Waals surface area contributed by atoms with E-state index in [9.17, 15) is 4.79 Å². The van der Waals surface area contributed by atoms with Gasteiger partial charge >= 0.3 is 0 Å². The van der Waals surface area contributed by atoms with Crippen LogP contribution < -0.4 is 10.1 Å². The van der Waals surface area contributed by atoms with Gasteiger partial charge in [-0.25, -0.2) is 4.98 Å². The molecule has 2 heterocycles. The van der Waals surface area contributed by atoms with Crippen molar-refractivity contribution in [1.82, 2.24) is 9.88 Å². The topological polar surface area (TPSA) is 54.5 Å². The lowest BCUT2D eigenvalue weighted by atomic mass is 10.0. The number of nitrogens with one attached hydrogen (secondary N) is 1. The number of rotatable bonds is 6. The number of thiazole rings is 1. The summed E-state index contributed by atoms with van der Waals surface area (Å²) in [4.78, 5) is 19.0. The molecule has 1 aliphatic heterocycles. The van der Waals surface area contributed by atoms with Crippen molar-refractivity contribution in [3.63, 3.8) is 0 Å². The summed E-state index contributed by atoms with van der Waals surface area (Å²) in [5, 5.41) is 6.01. The van der Waals surface area contributed by atoms with Crippen LogP contribution in [0.25, 0.3) is 0 Å². The summed E-state index contributed by atoms with van der Waals surface area (Å²) >= 11 is 10.7. The second-order valence-electron chi connectivity index (χ2n) is 6.54. The molecule has 0 bridgehead atoms. The van der Waals surface area contributed by atoms with Crippen LogP contribution in [0.1, 0.15) is 25.5 Å². The Morgan fingerprint density at radius 3 is 3.15 bits per heavy atom. The number of benzene rings is 1. The highest BCUT2D eigenvalue weighted by Crippen LogP contribution is 2.28. The van der Waals surface area contributed by atoms with E-state index in [2.05, 4.69) is 38.1 Å². The number of hydrogen-bond donors (Lipinski definition) is 1. The fourth-order valence-corrected chi connectivity index (χ4v) is 4.50. The molecule has 1 aromatic carbocycles. The molecule has 8 heteroatoms. The quantitative estimate of drug-likeness (QED) is 0.675. The van der Waals surface area contributed by atoms with E-state index < -0.39 is 0 Å². The van der Waals surface area contributed by atoms with Crippen molar-refractivity contribution >= 4 is 49.9 Å². The summed E-state index contributed by atoms with van der Waals surface area (Å²) in [7, 11) is 0. The van der Waals surface area contributed by atoms with Crippen molar-refractivity contribution in [2.75, 3.05) is 25.0 Å². The number of amides is 1. The lowest BCUT2D eigenvalue weighted by Crippen LogP contribution is -2.33. The maximum atomic E-state index is 12.1. The lowest BCUT2D eigenvalue weighted by Gasteiger charge is -2.30. The fraction of sp³-hybridized carbons (Fsp3) is 0.444. The molecule has 1 fully saturated rings. The van der Waals surface area contributed by atoms with E-state index >= 15 is 0 Å². The van der Waals surface area contributed by atoms with E-state index in [0.717, 1.165) is 31.2 Å². The second kappa shape index (κ2) is 9.17. The normalized spacial score (nSPS) is 17.9. The van der Waals surface area contributed by atoms with Crippen LogP contribution in [0.2, 0.25) is 5.02 Å². The van der Waals surface area contributed by atoms with E-state index in [0.29, 0.717) is 20.4 Å². The second-order valence-corrected chi connectivity index (χ2v) is 8.69. The summed E-state index contributed by atoms with van der Waals surface area (Å²) in [6.45, 7) is 5.28. The van der Waals surface area contributed by atoms with Crippen LogP contribution in [-0.2, 0) is 11.3 Å². The highest BCUT2D eigenvalue weighted by atomic mass is 79.9. The minimum absolute atomic E-state index is 0.0845. The van der Waals surface area contributed by atoms with Gasteiger partial charge < -0.3 is 4.74 Å². The first-order valence-corrected chi connectivity index (χ1v) is 10.6. The number of ether oxygens (including phenoxy) is 1. The molecule has 1 atom stereocenters. The Morgan fingerprint density at radius 1 is 1.54 bits per heavy atom. The Balaban J connectivity index is 1.48. The van der Waals surface area contributed by atoms with Crippen LogP contribution in [0.5, 0.6) is 5.75 Å². The number of nitrogens with zero attached hydrogens (tertiary/aromatic N) is 2. The molecule has 2 aromatic rings. The van der Waals surface area contributed by atoms with E-state index in [4.69, 9.17) is 16.3 Å². The van der Waals surface area contributed by atoms with Crippen LogP contribution >= 0.6 is 38.9 Å². The van der Waals surface area contributed by atoms with Gasteiger partial charge in [0.05, 0.1) is 10.2 Å². The number of carbonyl (C=O) groups excluding carboxylic acids is 1. The summed E-state index contributed by atoms with van der Waals surface area (Å²) in [5.41, 5.74) is 1.00. The van der Waals surface area contributed by atoms with Crippen molar-refractivity contribution in [2.45, 2.75) is 26.3 Å². The van der Waals surface area contributed by atoms with Gasteiger partial charge in [0.1, 0.15) is 5.75 Å². The zero-order chi connectivity index (χ0) is 18.5. The molecule has 1 aromatic heterocycles. The molecule has 5 nitrogen and oxygen atoms in total. The highest BCUT2D eigenvalue weighted by molar-refractivity contribution is 9.10. The van der Waals surface area contributed by atoms with Gasteiger partial charge in [-0.1, -0.05) is 18.5 Å². The van der Waals surface area contributed by atoms with Gasteiger partial charge in [0, 0.05) is 23.5 Å². The summed E-state index contributed by atoms with van der Waals surface area (Å²) in [5.74, 6) is 1.08. The van der Waals surface area contributed by atoms with Gasteiger partial charge in [-0.3, -0.25) is 15.0 Å². The molecule has 1 saturated heterocycles. The van der Waals surface area contributed by atoms with Gasteiger partial charge in [-0.2, -0.15) is 0 Å². The van der Waals surface area contributed by atoms with E-state index in [1.165, 1.54) is 24.2 Å². The molecule has 0 unspecified atom stereocenters. The number of aromatic nitrogens is 1. The minimum atomic E-state index is -0.237. The van der Waals surface area contributed by atoms with E-state index in [1.54, 1.807) is 18.2 Å². The van der Waals surface area contributed by atoms with Crippen molar-refractivity contribution in [3.05, 3.63) is 38.8 Å². The first kappa shape index (κ1) is 19.6. The van der Waals surface area contributed by atoms with Gasteiger partial charge in [0.2, 0.25) is 0 Å². The molecule has 26 heavy (non-hydrogen) atoms. The maximum absolute atomic E-state index is 12.1. The molecule has 0 saturated carbocycles. The Kier molecular flexibility index (Phi) is 6.92. The van der Waals surface area contributed by atoms with E-state index in [1.807, 2.05) is 5.38 Å². The van der Waals surface area contributed by atoms with Crippen molar-refractivity contribution in [1.29, 1.82) is 0 Å². The fourth-order valence-electron chi connectivity index (χ4n) is 2.99. The standard InChI is InChI=1S/C18H21BrClN3O2S/c1-12-3-2-6-23(8-12)9-14-11-26-18(21-14)22-17(24)10-25-16-5-4-13(20)7-15(16)19/h4-5,7,11-12H,2-3,6,8-10H2,1H3,(H,21,22,24)/t12-/m1/s1. The molecule has 0 aliphatic carbocycles. The van der Waals surface area contributed by atoms with Crippen LogP contribution in [0, 0.1) is 5.92 Å². The Bertz CT molecular complexity index is 771. The van der Waals surface area contributed by atoms with Gasteiger partial charge in [0.25, 0.3) is 5.91 Å². The van der Waals surface area contributed by atoms with Crippen LogP contribution in [0.15, 0.2) is 28.1 Å². The highest BCUT2D eigenvalue weighted by Gasteiger charge is 2.17. The lowest BCUT2D eigenvalue weighted by molar-refractivity contribution is -0.118. The smallest absolute Gasteiger partial charge is 0.264 e. The molecular formula is C18H21BrClN3O2S. The predicted octanol–water partition coefficient (Wildman–Crippen LogP) is 4.81. The number of halogens is 2. The molecular weight excluding hydrogens is 438 g/mol. The molecule has 0 radical (unpaired) electrons. The molecule has 1 N–H and O–H groups in total. The van der Waals surface area contributed by atoms with Gasteiger partial charge in [-0.15, -0.1) is 11.3 Å². The summed E-state index contributed by atoms with van der Waals surface area (Å²) < 4.78 is 6.23. The van der Waals surface area contributed by atoms with Crippen molar-refractivity contribution in [2.24, 2.45) is 5.92 Å². The van der Waals surface area contributed by atoms with E-state index in [-0.39, 0.29) is 12.5 Å². The number of carbonyl (C=O) groups is 1. The summed E-state index contributed by atoms with van der Waals surface area (Å²) in [6, 6.07) is 5.16. The minimum Gasteiger partial charge on any atom is -0.483 e. The number of likely N-dealkylation sites (tertiary alicyclic amines) is 1. The van der Waals surface area contributed by atoms with Crippen LogP contribution in [0.4, 0.5) is 5.13 Å². The van der Waals surface area contributed by atoms with Gasteiger partial charge in [-0.05, 0) is 59.4 Å². The predicted molar refractivity (Wildman–Crippen MR) is 109 cm³/mol. The molecule has 1 aliphatic rings. The molecule has 0 spiro atoms. The monoisotopic (exact) mass is 457 g/mol. The average molecular weight is 459 g/mol. The molecule has 1 amide bonds. The van der Waals surface area contributed by atoms with Crippen molar-refractivity contribution < 1.29 is 9.53 Å². The largest absolute Gasteiger partial charge is 0.483 e. The van der Waals surface area contributed by atoms with Crippen LogP contribution in [-0.4, -0.2) is 35.5 Å². The molecule has 3 rings (SSSR count). The maximum Gasteiger partial charge on any atom is 0.264 e. The third-order valence-electron chi connectivity index (χ3n) is 4.18.